The number of hydrogen-bond acceptors (Lipinski definition) is 1. The molecule has 0 unspecified atom stereocenters. The minimum atomic E-state index is 0.251. The molecule has 0 aliphatic rings. The molecule has 0 amide bonds. The van der Waals surface area contributed by atoms with Gasteiger partial charge < -0.3 is 10.1 Å². The maximum atomic E-state index is 9.56. The molecule has 1 aromatic heterocycles. The Morgan fingerprint density at radius 2 is 2.15 bits per heavy atom. The van der Waals surface area contributed by atoms with Crippen molar-refractivity contribution in [3.63, 3.8) is 0 Å². The highest BCUT2D eigenvalue weighted by Gasteiger charge is 2.07. The van der Waals surface area contributed by atoms with Crippen molar-refractivity contribution in [1.82, 2.24) is 4.98 Å². The summed E-state index contributed by atoms with van der Waals surface area (Å²) in [5.41, 5.74) is 1.89. The average Bonchev–Trinajstić information content (AvgIpc) is 2.44. The van der Waals surface area contributed by atoms with Crippen molar-refractivity contribution in [3.05, 3.63) is 42.5 Å². The number of rotatable bonds is 2. The van der Waals surface area contributed by atoms with Crippen molar-refractivity contribution < 1.29 is 5.11 Å². The predicted molar refractivity (Wildman–Crippen MR) is 53.9 cm³/mol. The summed E-state index contributed by atoms with van der Waals surface area (Å²) in [4.78, 5) is 2.92. The van der Waals surface area contributed by atoms with Gasteiger partial charge in [0.2, 0.25) is 0 Å². The van der Waals surface area contributed by atoms with Gasteiger partial charge in [-0.05, 0) is 12.5 Å². The Morgan fingerprint density at radius 3 is 2.92 bits per heavy atom. The van der Waals surface area contributed by atoms with Gasteiger partial charge in [0.1, 0.15) is 0 Å². The second kappa shape index (κ2) is 2.98. The molecule has 0 atom stereocenters. The summed E-state index contributed by atoms with van der Waals surface area (Å²) >= 11 is 0. The van der Waals surface area contributed by atoms with Crippen LogP contribution in [0.1, 0.15) is 5.56 Å². The van der Waals surface area contributed by atoms with Gasteiger partial charge in [-0.2, -0.15) is 0 Å². The van der Waals surface area contributed by atoms with Crippen LogP contribution in [0.25, 0.3) is 10.9 Å². The summed E-state index contributed by atoms with van der Waals surface area (Å²) in [5.74, 6) is 0.251. The van der Waals surface area contributed by atoms with E-state index in [1.807, 2.05) is 24.3 Å². The maximum absolute atomic E-state index is 9.56. The summed E-state index contributed by atoms with van der Waals surface area (Å²) < 4.78 is 0. The van der Waals surface area contributed by atoms with E-state index < -0.39 is 0 Å². The molecule has 13 heavy (non-hydrogen) atoms. The third-order valence-electron chi connectivity index (χ3n) is 2.14. The molecule has 0 spiro atoms. The zero-order valence-electron chi connectivity index (χ0n) is 7.25. The molecule has 1 aromatic carbocycles. The normalized spacial score (nSPS) is 10.5. The molecular weight excluding hydrogens is 162 g/mol. The van der Waals surface area contributed by atoms with Gasteiger partial charge in [-0.1, -0.05) is 24.3 Å². The molecule has 2 N–H and O–H groups in total. The van der Waals surface area contributed by atoms with E-state index in [4.69, 9.17) is 0 Å². The van der Waals surface area contributed by atoms with Crippen LogP contribution in [0.2, 0.25) is 0 Å². The Kier molecular flexibility index (Phi) is 1.81. The fraction of sp³-hybridized carbons (Fsp3) is 0.0909. The first-order valence-corrected chi connectivity index (χ1v) is 4.22. The van der Waals surface area contributed by atoms with Crippen molar-refractivity contribution in [2.45, 2.75) is 6.42 Å². The Bertz CT molecular complexity index is 442. The Morgan fingerprint density at radius 1 is 1.38 bits per heavy atom. The molecule has 0 saturated carbocycles. The fourth-order valence-corrected chi connectivity index (χ4v) is 1.54. The largest absolute Gasteiger partial charge is 0.494 e. The molecule has 0 saturated heterocycles. The van der Waals surface area contributed by atoms with Gasteiger partial charge in [-0.3, -0.25) is 0 Å². The van der Waals surface area contributed by atoms with Crippen LogP contribution in [0.15, 0.2) is 36.9 Å². The lowest BCUT2D eigenvalue weighted by atomic mass is 10.1. The topological polar surface area (TPSA) is 36.0 Å². The van der Waals surface area contributed by atoms with Crippen molar-refractivity contribution in [2.75, 3.05) is 0 Å². The number of aromatic nitrogens is 1. The quantitative estimate of drug-likeness (QED) is 0.673. The van der Waals surface area contributed by atoms with Crippen LogP contribution in [-0.4, -0.2) is 10.1 Å². The highest BCUT2D eigenvalue weighted by molar-refractivity contribution is 5.85. The minimum Gasteiger partial charge on any atom is -0.494 e. The SMILES string of the molecule is C=CCc1c(O)[nH]c2ccccc12. The third-order valence-corrected chi connectivity index (χ3v) is 2.14. The van der Waals surface area contributed by atoms with E-state index in [-0.39, 0.29) is 5.88 Å². The standard InChI is InChI=1S/C11H11NO/c1-2-5-9-8-6-3-4-7-10(8)12-11(9)13/h2-4,6-7,12-13H,1,5H2. The molecule has 2 heteroatoms. The first kappa shape index (κ1) is 7.92. The lowest BCUT2D eigenvalue weighted by Gasteiger charge is -1.93. The second-order valence-electron chi connectivity index (χ2n) is 2.99. The van der Waals surface area contributed by atoms with Crippen LogP contribution in [0.5, 0.6) is 5.88 Å². The smallest absolute Gasteiger partial charge is 0.192 e. The lowest BCUT2D eigenvalue weighted by molar-refractivity contribution is 0.453. The molecule has 2 rings (SSSR count). The average molecular weight is 173 g/mol. The summed E-state index contributed by atoms with van der Waals surface area (Å²) in [6.45, 7) is 3.66. The van der Waals surface area contributed by atoms with E-state index in [0.717, 1.165) is 16.5 Å². The zero-order chi connectivity index (χ0) is 9.26. The Hall–Kier alpha value is -1.70. The maximum Gasteiger partial charge on any atom is 0.192 e. The third kappa shape index (κ3) is 1.20. The molecule has 0 aliphatic heterocycles. The summed E-state index contributed by atoms with van der Waals surface area (Å²) in [6.07, 6.45) is 2.48. The number of aromatic hydroxyl groups is 1. The van der Waals surface area contributed by atoms with Crippen LogP contribution in [0, 0.1) is 0 Å². The number of allylic oxidation sites excluding steroid dienone is 1. The zero-order valence-corrected chi connectivity index (χ0v) is 7.25. The van der Waals surface area contributed by atoms with Crippen LogP contribution < -0.4 is 0 Å². The summed E-state index contributed by atoms with van der Waals surface area (Å²) in [6, 6.07) is 7.84. The monoisotopic (exact) mass is 173 g/mol. The number of fused-ring (bicyclic) bond motifs is 1. The molecule has 0 radical (unpaired) electrons. The van der Waals surface area contributed by atoms with Gasteiger partial charge in [0.15, 0.2) is 5.88 Å². The first-order chi connectivity index (χ1) is 6.33. The van der Waals surface area contributed by atoms with E-state index in [1.165, 1.54) is 0 Å². The molecule has 0 bridgehead atoms. The van der Waals surface area contributed by atoms with Gasteiger partial charge in [0.25, 0.3) is 0 Å². The van der Waals surface area contributed by atoms with E-state index in [9.17, 15) is 5.11 Å². The van der Waals surface area contributed by atoms with Crippen LogP contribution >= 0.6 is 0 Å². The molecule has 66 valence electrons. The number of aromatic amines is 1. The second-order valence-corrected chi connectivity index (χ2v) is 2.99. The number of benzene rings is 1. The number of hydrogen-bond donors (Lipinski definition) is 2. The highest BCUT2D eigenvalue weighted by Crippen LogP contribution is 2.27. The molecule has 0 fully saturated rings. The van der Waals surface area contributed by atoms with Gasteiger partial charge in [-0.15, -0.1) is 6.58 Å². The number of H-pyrrole nitrogens is 1. The van der Waals surface area contributed by atoms with Crippen molar-refractivity contribution in [1.29, 1.82) is 0 Å². The lowest BCUT2D eigenvalue weighted by Crippen LogP contribution is -1.77. The van der Waals surface area contributed by atoms with E-state index in [1.54, 1.807) is 6.08 Å². The molecule has 2 nitrogen and oxygen atoms in total. The Labute approximate surface area is 76.5 Å². The van der Waals surface area contributed by atoms with Crippen LogP contribution in [0.3, 0.4) is 0 Å². The minimum absolute atomic E-state index is 0.251. The van der Waals surface area contributed by atoms with Gasteiger partial charge in [0, 0.05) is 16.5 Å². The van der Waals surface area contributed by atoms with Crippen molar-refractivity contribution >= 4 is 10.9 Å². The molecule has 2 aromatic rings. The Balaban J connectivity index is 2.70. The molecule has 0 aliphatic carbocycles. The van der Waals surface area contributed by atoms with E-state index in [0.29, 0.717) is 6.42 Å². The van der Waals surface area contributed by atoms with Crippen molar-refractivity contribution in [3.8, 4) is 5.88 Å². The fourth-order valence-electron chi connectivity index (χ4n) is 1.54. The predicted octanol–water partition coefficient (Wildman–Crippen LogP) is 2.60. The van der Waals surface area contributed by atoms with Gasteiger partial charge in [0.05, 0.1) is 0 Å². The summed E-state index contributed by atoms with van der Waals surface area (Å²) in [5, 5.41) is 10.6. The highest BCUT2D eigenvalue weighted by atomic mass is 16.3. The first-order valence-electron chi connectivity index (χ1n) is 4.22. The van der Waals surface area contributed by atoms with Crippen LogP contribution in [0.4, 0.5) is 0 Å². The van der Waals surface area contributed by atoms with E-state index in [2.05, 4.69) is 11.6 Å². The number of para-hydroxylation sites is 1. The number of nitrogens with one attached hydrogen (secondary N) is 1. The van der Waals surface area contributed by atoms with E-state index >= 15 is 0 Å². The molecule has 1 heterocycles. The van der Waals surface area contributed by atoms with Gasteiger partial charge >= 0.3 is 0 Å². The summed E-state index contributed by atoms with van der Waals surface area (Å²) in [7, 11) is 0. The van der Waals surface area contributed by atoms with Gasteiger partial charge in [-0.25, -0.2) is 0 Å². The van der Waals surface area contributed by atoms with Crippen LogP contribution in [-0.2, 0) is 6.42 Å². The van der Waals surface area contributed by atoms with Crippen molar-refractivity contribution in [2.24, 2.45) is 0 Å². The molecular formula is C11H11NO.